The van der Waals surface area contributed by atoms with Crippen molar-refractivity contribution in [1.82, 2.24) is 0 Å². The number of hydrogen-bond donors (Lipinski definition) is 3. The lowest BCUT2D eigenvalue weighted by atomic mass is 9.98. The largest absolute Gasteiger partial charge is 0.490 e. The van der Waals surface area contributed by atoms with Gasteiger partial charge in [0.05, 0.1) is 11.0 Å². The third kappa shape index (κ3) is 10.9. The van der Waals surface area contributed by atoms with Gasteiger partial charge in [0.1, 0.15) is 5.75 Å². The number of amides is 1. The van der Waals surface area contributed by atoms with E-state index in [9.17, 15) is 39.6 Å². The smallest absolute Gasteiger partial charge is 0.475 e. The number of carbonyl (C=O) groups excluding carboxylic acids is 2. The molecule has 5 N–H and O–H groups in total. The lowest BCUT2D eigenvalue weighted by molar-refractivity contribution is -0.192. The normalized spacial score (nSPS) is 14.4. The molecule has 1 atom stereocenters. The summed E-state index contributed by atoms with van der Waals surface area (Å²) in [7, 11) is -7.66. The van der Waals surface area contributed by atoms with Gasteiger partial charge in [-0.1, -0.05) is 26.7 Å². The minimum atomic E-state index is -5.08. The summed E-state index contributed by atoms with van der Waals surface area (Å²) < 4.78 is 79.2. The molecule has 0 bridgehead atoms. The molecule has 0 aliphatic heterocycles. The first kappa shape index (κ1) is 30.5. The molecule has 0 saturated heterocycles. The predicted molar refractivity (Wildman–Crippen MR) is 102 cm³/mol. The van der Waals surface area contributed by atoms with Crippen molar-refractivity contribution >= 4 is 37.3 Å². The number of carboxylic acids is 1. The van der Waals surface area contributed by atoms with Crippen LogP contribution in [0.25, 0.3) is 0 Å². The maximum Gasteiger partial charge on any atom is 0.490 e. The quantitative estimate of drug-likeness (QED) is 0.333. The molecule has 0 fully saturated rings. The standard InChI is InChI=1S/C13H26N2O6S2.C2HF3O2/c1-4-6-10(7-5-2)23(20,21)9-13(15,12(14)17)11(16)8-22(3,18)19;3-2(4,5)1(6)7/h10H,4-9,15H2,1-3H3,(H2,14,17);(H,6,7). The van der Waals surface area contributed by atoms with Gasteiger partial charge in [-0.2, -0.15) is 13.2 Å². The number of primary amides is 1. The molecular weight excluding hydrogens is 457 g/mol. The van der Waals surface area contributed by atoms with Crippen molar-refractivity contribution in [3.8, 4) is 0 Å². The van der Waals surface area contributed by atoms with Crippen LogP contribution in [0.3, 0.4) is 0 Å². The second-order valence-corrected chi connectivity index (χ2v) is 11.1. The van der Waals surface area contributed by atoms with E-state index in [0.717, 1.165) is 6.26 Å². The number of nitrogens with two attached hydrogens (primary N) is 2. The summed E-state index contributed by atoms with van der Waals surface area (Å²) in [6.45, 7) is 3.63. The predicted octanol–water partition coefficient (Wildman–Crippen LogP) is -0.200. The molecule has 0 rings (SSSR count). The minimum absolute atomic E-state index is 0.366. The highest BCUT2D eigenvalue weighted by Crippen LogP contribution is 2.20. The van der Waals surface area contributed by atoms with E-state index in [-0.39, 0.29) is 0 Å². The van der Waals surface area contributed by atoms with E-state index in [0.29, 0.717) is 25.7 Å². The van der Waals surface area contributed by atoms with Gasteiger partial charge < -0.3 is 16.6 Å². The van der Waals surface area contributed by atoms with Gasteiger partial charge in [-0.05, 0) is 12.8 Å². The van der Waals surface area contributed by atoms with Gasteiger partial charge in [-0.25, -0.2) is 21.6 Å². The number of rotatable bonds is 11. The second-order valence-electron chi connectivity index (χ2n) is 6.64. The molecule has 10 nitrogen and oxygen atoms in total. The van der Waals surface area contributed by atoms with Crippen LogP contribution in [0.4, 0.5) is 13.2 Å². The van der Waals surface area contributed by atoms with Crippen molar-refractivity contribution in [2.24, 2.45) is 11.5 Å². The highest BCUT2D eigenvalue weighted by molar-refractivity contribution is 7.92. The number of hydrogen-bond acceptors (Lipinski definition) is 8. The zero-order valence-electron chi connectivity index (χ0n) is 16.7. The molecular formula is C15H27F3N2O8S2. The van der Waals surface area contributed by atoms with Crippen LogP contribution in [0.2, 0.25) is 0 Å². The summed E-state index contributed by atoms with van der Waals surface area (Å²) in [6.07, 6.45) is -2.35. The fourth-order valence-corrected chi connectivity index (χ4v) is 5.34. The molecule has 30 heavy (non-hydrogen) atoms. The maximum atomic E-state index is 12.5. The van der Waals surface area contributed by atoms with E-state index in [1.807, 2.05) is 13.8 Å². The van der Waals surface area contributed by atoms with Crippen molar-refractivity contribution in [3.63, 3.8) is 0 Å². The van der Waals surface area contributed by atoms with Gasteiger partial charge in [0.15, 0.2) is 31.0 Å². The fourth-order valence-electron chi connectivity index (χ4n) is 2.24. The molecule has 178 valence electrons. The summed E-state index contributed by atoms with van der Waals surface area (Å²) >= 11 is 0. The van der Waals surface area contributed by atoms with E-state index in [4.69, 9.17) is 21.4 Å². The Morgan fingerprint density at radius 2 is 1.37 bits per heavy atom. The van der Waals surface area contributed by atoms with Crippen LogP contribution < -0.4 is 11.5 Å². The van der Waals surface area contributed by atoms with Crippen LogP contribution in [-0.2, 0) is 34.1 Å². The zero-order chi connectivity index (χ0) is 24.6. The number of aliphatic carboxylic acids is 1. The van der Waals surface area contributed by atoms with E-state index < -0.39 is 65.8 Å². The zero-order valence-corrected chi connectivity index (χ0v) is 18.4. The molecule has 0 aliphatic carbocycles. The van der Waals surface area contributed by atoms with Gasteiger partial charge in [0, 0.05) is 6.26 Å². The molecule has 0 saturated carbocycles. The monoisotopic (exact) mass is 484 g/mol. The molecule has 1 amide bonds. The third-order valence-corrected chi connectivity index (χ3v) is 6.86. The third-order valence-electron chi connectivity index (χ3n) is 3.73. The highest BCUT2D eigenvalue weighted by Gasteiger charge is 2.46. The van der Waals surface area contributed by atoms with Gasteiger partial charge >= 0.3 is 12.1 Å². The first-order chi connectivity index (χ1) is 13.2. The topological polar surface area (TPSA) is 192 Å². The van der Waals surface area contributed by atoms with Crippen molar-refractivity contribution < 1.29 is 49.5 Å². The molecule has 1 unspecified atom stereocenters. The van der Waals surface area contributed by atoms with Crippen LogP contribution >= 0.6 is 0 Å². The van der Waals surface area contributed by atoms with Gasteiger partial charge in [0.2, 0.25) is 5.91 Å². The Kier molecular flexibility index (Phi) is 11.8. The highest BCUT2D eigenvalue weighted by atomic mass is 32.2. The van der Waals surface area contributed by atoms with Gasteiger partial charge in [0.25, 0.3) is 0 Å². The fraction of sp³-hybridized carbons (Fsp3) is 0.800. The molecule has 0 aliphatic rings. The first-order valence-corrected chi connectivity index (χ1v) is 12.3. The number of ketones is 1. The number of carbonyl (C=O) groups is 3. The number of alkyl halides is 3. The number of Topliss-reactive ketones (excluding diaryl/α,β-unsaturated/α-hetero) is 1. The van der Waals surface area contributed by atoms with E-state index in [1.165, 1.54) is 0 Å². The Labute approximate surface area is 173 Å². The average Bonchev–Trinajstić information content (AvgIpc) is 2.52. The Morgan fingerprint density at radius 1 is 1.00 bits per heavy atom. The van der Waals surface area contributed by atoms with Crippen molar-refractivity contribution in [2.45, 2.75) is 56.5 Å². The van der Waals surface area contributed by atoms with Gasteiger partial charge in [-0.15, -0.1) is 0 Å². The summed E-state index contributed by atoms with van der Waals surface area (Å²) in [5, 5.41) is 6.38. The second kappa shape index (κ2) is 11.6. The number of sulfone groups is 2. The molecule has 0 radical (unpaired) electrons. The summed E-state index contributed by atoms with van der Waals surface area (Å²) in [5.74, 6) is -7.32. The summed E-state index contributed by atoms with van der Waals surface area (Å²) in [5.41, 5.74) is 8.20. The maximum absolute atomic E-state index is 12.5. The minimum Gasteiger partial charge on any atom is -0.475 e. The summed E-state index contributed by atoms with van der Waals surface area (Å²) in [4.78, 5) is 32.5. The molecule has 0 aromatic heterocycles. The van der Waals surface area contributed by atoms with Crippen LogP contribution in [0.1, 0.15) is 39.5 Å². The van der Waals surface area contributed by atoms with Gasteiger partial charge in [-0.3, -0.25) is 9.59 Å². The first-order valence-electron chi connectivity index (χ1n) is 8.56. The van der Waals surface area contributed by atoms with Crippen LogP contribution in [-0.4, -0.2) is 74.3 Å². The van der Waals surface area contributed by atoms with E-state index in [1.54, 1.807) is 0 Å². The SMILES string of the molecule is CCCC(CCC)S(=O)(=O)CC(N)(C(N)=O)C(=O)CS(C)(=O)=O.O=C(O)C(F)(F)F. The molecule has 15 heteroatoms. The molecule has 0 heterocycles. The van der Waals surface area contributed by atoms with E-state index in [2.05, 4.69) is 0 Å². The molecule has 0 aromatic rings. The Balaban J connectivity index is 0. The van der Waals surface area contributed by atoms with Crippen molar-refractivity contribution in [3.05, 3.63) is 0 Å². The molecule has 0 spiro atoms. The Bertz CT molecular complexity index is 819. The Hall–Kier alpha value is -1.74. The van der Waals surface area contributed by atoms with Crippen molar-refractivity contribution in [1.29, 1.82) is 0 Å². The summed E-state index contributed by atoms with van der Waals surface area (Å²) in [6, 6.07) is 0. The average molecular weight is 485 g/mol. The Morgan fingerprint density at radius 3 is 1.60 bits per heavy atom. The van der Waals surface area contributed by atoms with Crippen LogP contribution in [0.5, 0.6) is 0 Å². The van der Waals surface area contributed by atoms with Crippen molar-refractivity contribution in [2.75, 3.05) is 17.8 Å². The molecule has 0 aromatic carbocycles. The number of halogens is 3. The van der Waals surface area contributed by atoms with E-state index >= 15 is 0 Å². The lowest BCUT2D eigenvalue weighted by Gasteiger charge is -2.26. The van der Waals surface area contributed by atoms with Crippen LogP contribution in [0, 0.1) is 0 Å². The lowest BCUT2D eigenvalue weighted by Crippen LogP contribution is -2.64. The number of carboxylic acid groups (broad SMARTS) is 1. The van der Waals surface area contributed by atoms with Crippen LogP contribution in [0.15, 0.2) is 0 Å².